The first-order chi connectivity index (χ1) is 11.1. The molecule has 0 aliphatic carbocycles. The van der Waals surface area contributed by atoms with Crippen LogP contribution in [0.5, 0.6) is 0 Å². The molecule has 0 aliphatic rings. The number of nitrogens with one attached hydrogen (secondary N) is 1. The summed E-state index contributed by atoms with van der Waals surface area (Å²) in [4.78, 5) is 12.2. The second-order valence-electron chi connectivity index (χ2n) is 5.19. The van der Waals surface area contributed by atoms with Gasteiger partial charge in [0.1, 0.15) is 5.82 Å². The monoisotopic (exact) mass is 310 g/mol. The average Bonchev–Trinajstić information content (AvgIpc) is 3.06. The van der Waals surface area contributed by atoms with Crippen LogP contribution in [0.15, 0.2) is 65.2 Å². The highest BCUT2D eigenvalue weighted by atomic mass is 19.1. The van der Waals surface area contributed by atoms with Crippen molar-refractivity contribution in [2.24, 2.45) is 0 Å². The highest BCUT2D eigenvalue weighted by molar-refractivity contribution is 5.93. The molecule has 0 radical (unpaired) electrons. The molecule has 0 bridgehead atoms. The third kappa shape index (κ3) is 3.45. The molecule has 0 fully saturated rings. The van der Waals surface area contributed by atoms with Crippen molar-refractivity contribution in [3.63, 3.8) is 0 Å². The van der Waals surface area contributed by atoms with Crippen molar-refractivity contribution in [2.45, 2.75) is 13.0 Å². The van der Waals surface area contributed by atoms with Crippen LogP contribution < -0.4 is 5.32 Å². The Morgan fingerprint density at radius 1 is 1.13 bits per heavy atom. The maximum Gasteiger partial charge on any atom is 0.273 e. The van der Waals surface area contributed by atoms with E-state index in [0.29, 0.717) is 11.3 Å². The molecule has 1 atom stereocenters. The van der Waals surface area contributed by atoms with E-state index >= 15 is 0 Å². The minimum atomic E-state index is -0.331. The van der Waals surface area contributed by atoms with Crippen molar-refractivity contribution >= 4 is 5.91 Å². The predicted molar refractivity (Wildman–Crippen MR) is 84.2 cm³/mol. The van der Waals surface area contributed by atoms with Gasteiger partial charge in [0.05, 0.1) is 6.04 Å². The molecule has 0 saturated heterocycles. The Bertz CT molecular complexity index is 797. The largest absolute Gasteiger partial charge is 0.355 e. The second kappa shape index (κ2) is 6.44. The van der Waals surface area contributed by atoms with Crippen molar-refractivity contribution in [1.29, 1.82) is 0 Å². The van der Waals surface area contributed by atoms with E-state index in [-0.39, 0.29) is 23.5 Å². The van der Waals surface area contributed by atoms with E-state index in [1.54, 1.807) is 18.2 Å². The first kappa shape index (κ1) is 15.0. The summed E-state index contributed by atoms with van der Waals surface area (Å²) in [6.45, 7) is 1.90. The number of aromatic nitrogens is 1. The predicted octanol–water partition coefficient (Wildman–Crippen LogP) is 3.97. The molecule has 1 N–H and O–H groups in total. The van der Waals surface area contributed by atoms with E-state index in [0.717, 1.165) is 5.56 Å². The molecule has 5 heteroatoms. The molecule has 1 aromatic heterocycles. The Morgan fingerprint density at radius 3 is 2.52 bits per heavy atom. The van der Waals surface area contributed by atoms with Crippen LogP contribution in [0.3, 0.4) is 0 Å². The van der Waals surface area contributed by atoms with Gasteiger partial charge in [0.2, 0.25) is 0 Å². The SMILES string of the molecule is CC(NC(=O)c1cc(-c2ccc(F)cc2)on1)c1ccccc1. The number of hydrogen-bond donors (Lipinski definition) is 1. The highest BCUT2D eigenvalue weighted by Gasteiger charge is 2.16. The van der Waals surface area contributed by atoms with Crippen LogP contribution >= 0.6 is 0 Å². The van der Waals surface area contributed by atoms with Crippen LogP contribution in [0, 0.1) is 5.82 Å². The molecule has 0 saturated carbocycles. The topological polar surface area (TPSA) is 55.1 Å². The van der Waals surface area contributed by atoms with E-state index in [2.05, 4.69) is 10.5 Å². The quantitative estimate of drug-likeness (QED) is 0.793. The number of carbonyl (C=O) groups excluding carboxylic acids is 1. The van der Waals surface area contributed by atoms with Gasteiger partial charge in [0.15, 0.2) is 11.5 Å². The summed E-state index contributed by atoms with van der Waals surface area (Å²) in [5, 5.41) is 6.65. The normalized spacial score (nSPS) is 11.9. The minimum Gasteiger partial charge on any atom is -0.355 e. The van der Waals surface area contributed by atoms with Crippen LogP contribution in [0.25, 0.3) is 11.3 Å². The first-order valence-corrected chi connectivity index (χ1v) is 7.22. The van der Waals surface area contributed by atoms with Gasteiger partial charge in [-0.1, -0.05) is 35.5 Å². The Balaban J connectivity index is 1.72. The van der Waals surface area contributed by atoms with Crippen molar-refractivity contribution in [3.05, 3.63) is 77.7 Å². The second-order valence-corrected chi connectivity index (χ2v) is 5.19. The van der Waals surface area contributed by atoms with Gasteiger partial charge in [-0.15, -0.1) is 0 Å². The highest BCUT2D eigenvalue weighted by Crippen LogP contribution is 2.21. The Hall–Kier alpha value is -2.95. The third-order valence-corrected chi connectivity index (χ3v) is 3.52. The van der Waals surface area contributed by atoms with Gasteiger partial charge in [-0.2, -0.15) is 0 Å². The van der Waals surface area contributed by atoms with E-state index < -0.39 is 0 Å². The van der Waals surface area contributed by atoms with Crippen LogP contribution in [0.1, 0.15) is 29.0 Å². The maximum atomic E-state index is 12.9. The van der Waals surface area contributed by atoms with Crippen LogP contribution in [-0.4, -0.2) is 11.1 Å². The number of carbonyl (C=O) groups is 1. The van der Waals surface area contributed by atoms with Gasteiger partial charge in [-0.25, -0.2) is 4.39 Å². The number of nitrogens with zero attached hydrogens (tertiary/aromatic N) is 1. The van der Waals surface area contributed by atoms with Crippen LogP contribution in [0.2, 0.25) is 0 Å². The van der Waals surface area contributed by atoms with E-state index in [9.17, 15) is 9.18 Å². The van der Waals surface area contributed by atoms with E-state index in [1.807, 2.05) is 37.3 Å². The van der Waals surface area contributed by atoms with E-state index in [4.69, 9.17) is 4.52 Å². The van der Waals surface area contributed by atoms with Crippen molar-refractivity contribution in [1.82, 2.24) is 10.5 Å². The molecule has 3 aromatic rings. The molecular formula is C18H15FN2O2. The summed E-state index contributed by atoms with van der Waals surface area (Å²) in [7, 11) is 0. The summed E-state index contributed by atoms with van der Waals surface area (Å²) in [6, 6.07) is 16.8. The van der Waals surface area contributed by atoms with E-state index in [1.165, 1.54) is 12.1 Å². The van der Waals surface area contributed by atoms with Gasteiger partial charge in [-0.05, 0) is 36.8 Å². The Morgan fingerprint density at radius 2 is 1.83 bits per heavy atom. The lowest BCUT2D eigenvalue weighted by molar-refractivity contribution is 0.0931. The summed E-state index contributed by atoms with van der Waals surface area (Å²) < 4.78 is 18.1. The van der Waals surface area contributed by atoms with Gasteiger partial charge < -0.3 is 9.84 Å². The van der Waals surface area contributed by atoms with Crippen molar-refractivity contribution < 1.29 is 13.7 Å². The number of halogens is 1. The summed E-state index contributed by atoms with van der Waals surface area (Å²) in [5.74, 6) is -0.233. The zero-order valence-corrected chi connectivity index (χ0v) is 12.5. The Kier molecular flexibility index (Phi) is 4.19. The van der Waals surface area contributed by atoms with Gasteiger partial charge in [-0.3, -0.25) is 4.79 Å². The molecule has 1 unspecified atom stereocenters. The average molecular weight is 310 g/mol. The third-order valence-electron chi connectivity index (χ3n) is 3.52. The molecule has 1 heterocycles. The summed E-state index contributed by atoms with van der Waals surface area (Å²) >= 11 is 0. The number of amides is 1. The molecule has 23 heavy (non-hydrogen) atoms. The lowest BCUT2D eigenvalue weighted by Crippen LogP contribution is -2.26. The minimum absolute atomic E-state index is 0.144. The first-order valence-electron chi connectivity index (χ1n) is 7.22. The molecule has 116 valence electrons. The fourth-order valence-corrected chi connectivity index (χ4v) is 2.23. The maximum absolute atomic E-state index is 12.9. The fraction of sp³-hybridized carbons (Fsp3) is 0.111. The fourth-order valence-electron chi connectivity index (χ4n) is 2.23. The van der Waals surface area contributed by atoms with Gasteiger partial charge in [0, 0.05) is 11.6 Å². The molecule has 4 nitrogen and oxygen atoms in total. The smallest absolute Gasteiger partial charge is 0.273 e. The van der Waals surface area contributed by atoms with Crippen molar-refractivity contribution in [3.8, 4) is 11.3 Å². The molecule has 1 amide bonds. The molecular weight excluding hydrogens is 295 g/mol. The summed E-state index contributed by atoms with van der Waals surface area (Å²) in [5.41, 5.74) is 1.85. The van der Waals surface area contributed by atoms with Crippen molar-refractivity contribution in [2.75, 3.05) is 0 Å². The number of benzene rings is 2. The standard InChI is InChI=1S/C18H15FN2O2/c1-12(13-5-3-2-4-6-13)20-18(22)16-11-17(23-21-16)14-7-9-15(19)10-8-14/h2-12H,1H3,(H,20,22). The molecule has 0 spiro atoms. The molecule has 2 aromatic carbocycles. The lowest BCUT2D eigenvalue weighted by atomic mass is 10.1. The molecule has 0 aliphatic heterocycles. The molecule has 3 rings (SSSR count). The Labute approximate surface area is 132 Å². The lowest BCUT2D eigenvalue weighted by Gasteiger charge is -2.12. The van der Waals surface area contributed by atoms with Gasteiger partial charge in [0.25, 0.3) is 5.91 Å². The summed E-state index contributed by atoms with van der Waals surface area (Å²) in [6.07, 6.45) is 0. The zero-order chi connectivity index (χ0) is 16.2. The number of rotatable bonds is 4. The van der Waals surface area contributed by atoms with Crippen LogP contribution in [0.4, 0.5) is 4.39 Å². The van der Waals surface area contributed by atoms with Crippen LogP contribution in [-0.2, 0) is 0 Å². The number of hydrogen-bond acceptors (Lipinski definition) is 3. The zero-order valence-electron chi connectivity index (χ0n) is 12.5. The van der Waals surface area contributed by atoms with Gasteiger partial charge >= 0.3 is 0 Å².